The quantitative estimate of drug-likeness (QED) is 0.374. The third-order valence-corrected chi connectivity index (χ3v) is 7.38. The molecule has 0 saturated carbocycles. The van der Waals surface area contributed by atoms with E-state index in [9.17, 15) is 22.8 Å². The van der Waals surface area contributed by atoms with Crippen LogP contribution in [0.15, 0.2) is 47.4 Å². The lowest BCUT2D eigenvalue weighted by molar-refractivity contribution is -0.137. The van der Waals surface area contributed by atoms with Crippen LogP contribution in [-0.2, 0) is 6.18 Å². The van der Waals surface area contributed by atoms with Crippen LogP contribution in [0.3, 0.4) is 0 Å². The third kappa shape index (κ3) is 5.57. The Labute approximate surface area is 233 Å². The number of hydrogen-bond donors (Lipinski definition) is 2. The van der Waals surface area contributed by atoms with E-state index in [1.54, 1.807) is 32.0 Å². The predicted octanol–water partition coefficient (Wildman–Crippen LogP) is 3.79. The molecule has 3 N–H and O–H groups in total. The number of likely N-dealkylation sites (N-methyl/N-ethyl adjacent to an activating group) is 1. The van der Waals surface area contributed by atoms with Gasteiger partial charge in [0.15, 0.2) is 5.65 Å². The summed E-state index contributed by atoms with van der Waals surface area (Å²) in [6, 6.07) is 8.50. The van der Waals surface area contributed by atoms with Gasteiger partial charge in [-0.15, -0.1) is 0 Å². The van der Waals surface area contributed by atoms with Crippen LogP contribution in [0.25, 0.3) is 16.7 Å². The standard InChI is InChI=1S/C28H29F3N8O2/c1-15-5-6-19(12-23(15)39-16(2)22-13-33-26(32)35-24(22)36-27(39)41)34-25(40)17-9-18(28(29,30)31)11-21(10-17)38-8-7-20(14-38)37(3)4/h5-6,9-13,20H,7-8,14H2,1-4H3,(H,34,40)(H2,32,35,36,41). The number of aromatic nitrogens is 4. The largest absolute Gasteiger partial charge is 0.416 e. The molecule has 4 aromatic rings. The van der Waals surface area contributed by atoms with Crippen molar-refractivity contribution < 1.29 is 18.0 Å². The van der Waals surface area contributed by atoms with Gasteiger partial charge in [0.05, 0.1) is 16.6 Å². The average molecular weight is 567 g/mol. The fraction of sp³-hybridized carbons (Fsp3) is 0.321. The molecule has 1 unspecified atom stereocenters. The molecule has 1 aliphatic heterocycles. The van der Waals surface area contributed by atoms with Crippen LogP contribution < -0.4 is 21.6 Å². The Balaban J connectivity index is 1.50. The third-order valence-electron chi connectivity index (χ3n) is 7.38. The second-order valence-electron chi connectivity index (χ2n) is 10.4. The van der Waals surface area contributed by atoms with Crippen molar-refractivity contribution in [1.29, 1.82) is 0 Å². The minimum Gasteiger partial charge on any atom is -0.370 e. The van der Waals surface area contributed by atoms with Crippen molar-refractivity contribution in [3.63, 3.8) is 0 Å². The summed E-state index contributed by atoms with van der Waals surface area (Å²) in [7, 11) is 3.87. The Morgan fingerprint density at radius 1 is 1.12 bits per heavy atom. The lowest BCUT2D eigenvalue weighted by Gasteiger charge is -2.23. The van der Waals surface area contributed by atoms with Gasteiger partial charge in [0, 0.05) is 48.0 Å². The molecule has 10 nitrogen and oxygen atoms in total. The van der Waals surface area contributed by atoms with E-state index in [1.165, 1.54) is 16.8 Å². The second-order valence-corrected chi connectivity index (χ2v) is 10.4. The van der Waals surface area contributed by atoms with Gasteiger partial charge in [-0.25, -0.2) is 9.78 Å². The minimum absolute atomic E-state index is 0.0116. The topological polar surface area (TPSA) is 122 Å². The van der Waals surface area contributed by atoms with E-state index < -0.39 is 23.3 Å². The van der Waals surface area contributed by atoms with Crippen molar-refractivity contribution in [1.82, 2.24) is 24.4 Å². The molecule has 41 heavy (non-hydrogen) atoms. The van der Waals surface area contributed by atoms with Gasteiger partial charge in [0.25, 0.3) is 5.91 Å². The number of amides is 1. The first-order valence-corrected chi connectivity index (χ1v) is 12.9. The molecule has 0 radical (unpaired) electrons. The first-order valence-electron chi connectivity index (χ1n) is 12.9. The molecular formula is C28H29F3N8O2. The number of rotatable bonds is 5. The Morgan fingerprint density at radius 3 is 2.56 bits per heavy atom. The predicted molar refractivity (Wildman–Crippen MR) is 151 cm³/mol. The van der Waals surface area contributed by atoms with Crippen molar-refractivity contribution >= 4 is 34.3 Å². The van der Waals surface area contributed by atoms with E-state index in [2.05, 4.69) is 20.3 Å². The van der Waals surface area contributed by atoms with Gasteiger partial charge in [-0.1, -0.05) is 6.07 Å². The molecular weight excluding hydrogens is 537 g/mol. The molecule has 2 aromatic carbocycles. The zero-order valence-corrected chi connectivity index (χ0v) is 23.0. The van der Waals surface area contributed by atoms with Crippen LogP contribution in [0.4, 0.5) is 30.5 Å². The molecule has 1 saturated heterocycles. The van der Waals surface area contributed by atoms with E-state index >= 15 is 0 Å². The first-order chi connectivity index (χ1) is 19.3. The van der Waals surface area contributed by atoms with Gasteiger partial charge in [0.2, 0.25) is 5.95 Å². The van der Waals surface area contributed by atoms with E-state index in [-0.39, 0.29) is 23.2 Å². The highest BCUT2D eigenvalue weighted by Crippen LogP contribution is 2.34. The van der Waals surface area contributed by atoms with Crippen LogP contribution in [0.5, 0.6) is 0 Å². The Hall–Kier alpha value is -4.52. The Morgan fingerprint density at radius 2 is 1.88 bits per heavy atom. The number of nitrogens with zero attached hydrogens (tertiary/aromatic N) is 6. The zero-order chi connectivity index (χ0) is 29.6. The lowest BCUT2D eigenvalue weighted by Crippen LogP contribution is -2.31. The molecule has 0 bridgehead atoms. The number of fused-ring (bicyclic) bond motifs is 1. The van der Waals surface area contributed by atoms with Crippen LogP contribution in [0, 0.1) is 13.8 Å². The van der Waals surface area contributed by atoms with E-state index in [0.717, 1.165) is 18.6 Å². The summed E-state index contributed by atoms with van der Waals surface area (Å²) in [5, 5.41) is 3.21. The van der Waals surface area contributed by atoms with Gasteiger partial charge in [0.1, 0.15) is 0 Å². The van der Waals surface area contributed by atoms with Gasteiger partial charge >= 0.3 is 11.9 Å². The summed E-state index contributed by atoms with van der Waals surface area (Å²) in [5.74, 6) is -0.720. The van der Waals surface area contributed by atoms with Gasteiger partial charge < -0.3 is 20.9 Å². The summed E-state index contributed by atoms with van der Waals surface area (Å²) in [5.41, 5.74) is 6.45. The van der Waals surface area contributed by atoms with Crippen molar-refractivity contribution in [3.05, 3.63) is 75.5 Å². The normalized spacial score (nSPS) is 15.6. The second kappa shape index (κ2) is 10.5. The maximum Gasteiger partial charge on any atom is 0.416 e. The van der Waals surface area contributed by atoms with Crippen LogP contribution >= 0.6 is 0 Å². The number of carbonyl (C=O) groups is 1. The van der Waals surface area contributed by atoms with Crippen LogP contribution in [0.1, 0.15) is 33.6 Å². The number of nitrogen functional groups attached to an aromatic ring is 1. The molecule has 2 aromatic heterocycles. The fourth-order valence-electron chi connectivity index (χ4n) is 5.03. The number of hydrogen-bond acceptors (Lipinski definition) is 8. The maximum atomic E-state index is 13.8. The smallest absolute Gasteiger partial charge is 0.370 e. The number of anilines is 3. The molecule has 1 amide bonds. The average Bonchev–Trinajstić information content (AvgIpc) is 3.40. The Bertz CT molecular complexity index is 1720. The van der Waals surface area contributed by atoms with Crippen molar-refractivity contribution in [2.45, 2.75) is 32.5 Å². The maximum absolute atomic E-state index is 13.8. The van der Waals surface area contributed by atoms with E-state index in [4.69, 9.17) is 5.73 Å². The number of carbonyl (C=O) groups excluding carboxylic acids is 1. The first kappa shape index (κ1) is 28.0. The highest BCUT2D eigenvalue weighted by Gasteiger charge is 2.33. The zero-order valence-electron chi connectivity index (χ0n) is 23.0. The monoisotopic (exact) mass is 566 g/mol. The highest BCUT2D eigenvalue weighted by atomic mass is 19.4. The fourth-order valence-corrected chi connectivity index (χ4v) is 5.03. The number of alkyl halides is 3. The SMILES string of the molecule is Cc1ccc(NC(=O)c2cc(N3CCC(N(C)C)C3)cc(C(F)(F)F)c2)cc1-n1c(C)c2cnc(N)nc2nc1=O. The molecule has 0 aliphatic carbocycles. The molecule has 13 heteroatoms. The number of benzene rings is 2. The Kier molecular flexibility index (Phi) is 7.15. The van der Waals surface area contributed by atoms with E-state index in [0.29, 0.717) is 46.8 Å². The summed E-state index contributed by atoms with van der Waals surface area (Å²) in [4.78, 5) is 42.2. The van der Waals surface area contributed by atoms with Crippen LogP contribution in [-0.4, -0.2) is 63.6 Å². The minimum atomic E-state index is -4.63. The summed E-state index contributed by atoms with van der Waals surface area (Å²) in [6.07, 6.45) is -2.35. The molecule has 1 aliphatic rings. The molecule has 3 heterocycles. The number of nitrogens with one attached hydrogen (secondary N) is 1. The number of nitrogens with two attached hydrogens (primary N) is 1. The lowest BCUT2D eigenvalue weighted by atomic mass is 10.1. The molecule has 5 rings (SSSR count). The number of halogens is 3. The van der Waals surface area contributed by atoms with Gasteiger partial charge in [-0.3, -0.25) is 9.36 Å². The summed E-state index contributed by atoms with van der Waals surface area (Å²) < 4.78 is 42.8. The molecule has 214 valence electrons. The number of aryl methyl sites for hydroxylation is 2. The van der Waals surface area contributed by atoms with E-state index in [1.807, 2.05) is 23.9 Å². The van der Waals surface area contributed by atoms with Crippen molar-refractivity contribution in [2.24, 2.45) is 0 Å². The summed E-state index contributed by atoms with van der Waals surface area (Å²) in [6.45, 7) is 4.63. The summed E-state index contributed by atoms with van der Waals surface area (Å²) >= 11 is 0. The molecule has 1 fully saturated rings. The highest BCUT2D eigenvalue weighted by molar-refractivity contribution is 6.05. The van der Waals surface area contributed by atoms with Crippen molar-refractivity contribution in [3.8, 4) is 5.69 Å². The molecule has 1 atom stereocenters. The van der Waals surface area contributed by atoms with Crippen molar-refractivity contribution in [2.75, 3.05) is 43.1 Å². The van der Waals surface area contributed by atoms with Gasteiger partial charge in [-0.05, 0) is 70.3 Å². The van der Waals surface area contributed by atoms with Gasteiger partial charge in [-0.2, -0.15) is 23.1 Å². The molecule has 0 spiro atoms. The van der Waals surface area contributed by atoms with Crippen LogP contribution in [0.2, 0.25) is 0 Å².